The number of ether oxygens (including phenoxy) is 1. The lowest BCUT2D eigenvalue weighted by atomic mass is 9.71. The number of hydrogen-bond donors (Lipinski definition) is 1. The molecule has 0 bridgehead atoms. The van der Waals surface area contributed by atoms with Gasteiger partial charge in [-0.1, -0.05) is 43.5 Å². The van der Waals surface area contributed by atoms with Crippen LogP contribution in [0.4, 0.5) is 4.39 Å². The fourth-order valence-electron chi connectivity index (χ4n) is 3.81. The number of amidine groups is 1. The van der Waals surface area contributed by atoms with Crippen molar-refractivity contribution >= 4 is 6.02 Å². The van der Waals surface area contributed by atoms with Gasteiger partial charge < -0.3 is 15.4 Å². The molecule has 144 valence electrons. The zero-order chi connectivity index (χ0) is 19.3. The first-order valence-corrected chi connectivity index (χ1v) is 9.45. The summed E-state index contributed by atoms with van der Waals surface area (Å²) in [6.45, 7) is 11.1. The first kappa shape index (κ1) is 19.4. The third kappa shape index (κ3) is 4.48. The van der Waals surface area contributed by atoms with Crippen LogP contribution in [0.25, 0.3) is 0 Å². The molecule has 1 aromatic rings. The highest BCUT2D eigenvalue weighted by Crippen LogP contribution is 2.43. The van der Waals surface area contributed by atoms with E-state index in [9.17, 15) is 4.39 Å². The third-order valence-corrected chi connectivity index (χ3v) is 5.39. The highest BCUT2D eigenvalue weighted by atomic mass is 19.1. The molecule has 4 nitrogen and oxygen atoms in total. The van der Waals surface area contributed by atoms with Crippen LogP contribution in [-0.2, 0) is 4.74 Å². The quantitative estimate of drug-likeness (QED) is 0.884. The number of nitrogens with zero attached hydrogens (tertiary/aromatic N) is 2. The summed E-state index contributed by atoms with van der Waals surface area (Å²) < 4.78 is 18.1. The van der Waals surface area contributed by atoms with Crippen molar-refractivity contribution in [3.63, 3.8) is 0 Å². The first-order chi connectivity index (χ1) is 13.1. The van der Waals surface area contributed by atoms with Gasteiger partial charge in [0.1, 0.15) is 11.4 Å². The zero-order valence-corrected chi connectivity index (χ0v) is 15.7. The molecule has 0 radical (unpaired) electrons. The van der Waals surface area contributed by atoms with Crippen molar-refractivity contribution in [3.05, 3.63) is 72.6 Å². The molecule has 2 aliphatic heterocycles. The van der Waals surface area contributed by atoms with Crippen molar-refractivity contribution < 1.29 is 9.13 Å². The summed E-state index contributed by atoms with van der Waals surface area (Å²) >= 11 is 0. The van der Waals surface area contributed by atoms with E-state index >= 15 is 0 Å². The van der Waals surface area contributed by atoms with E-state index in [1.54, 1.807) is 18.2 Å². The standard InChI is InChI=1S/C16H23N3O.C6H5F/c1-3-13-5-6-19(10-14(13)4-2)15-18-11-16(20-15)7-12(8-16)9-17;7-6-4-2-1-3-5-6/h3-4,12H,1-2,5-11,17H2;1-5H. The van der Waals surface area contributed by atoms with Crippen molar-refractivity contribution in [2.75, 3.05) is 26.2 Å². The van der Waals surface area contributed by atoms with Gasteiger partial charge >= 0.3 is 0 Å². The summed E-state index contributed by atoms with van der Waals surface area (Å²) in [6.07, 6.45) is 6.93. The molecule has 5 heteroatoms. The van der Waals surface area contributed by atoms with Gasteiger partial charge in [-0.25, -0.2) is 9.38 Å². The highest BCUT2D eigenvalue weighted by Gasteiger charge is 2.50. The molecule has 0 saturated heterocycles. The lowest BCUT2D eigenvalue weighted by Gasteiger charge is -2.44. The van der Waals surface area contributed by atoms with E-state index in [2.05, 4.69) is 23.1 Å². The fourth-order valence-corrected chi connectivity index (χ4v) is 3.81. The minimum atomic E-state index is -0.178. The first-order valence-electron chi connectivity index (χ1n) is 9.45. The van der Waals surface area contributed by atoms with Crippen LogP contribution < -0.4 is 5.73 Å². The van der Waals surface area contributed by atoms with Crippen LogP contribution in [0.15, 0.2) is 71.8 Å². The molecule has 2 N–H and O–H groups in total. The number of halogens is 1. The molecule has 1 saturated carbocycles. The van der Waals surface area contributed by atoms with Gasteiger partial charge in [-0.15, -0.1) is 0 Å². The predicted molar refractivity (Wildman–Crippen MR) is 108 cm³/mol. The number of nitrogens with two attached hydrogens (primary N) is 1. The van der Waals surface area contributed by atoms with Gasteiger partial charge in [-0.3, -0.25) is 0 Å². The smallest absolute Gasteiger partial charge is 0.288 e. The van der Waals surface area contributed by atoms with E-state index in [-0.39, 0.29) is 11.4 Å². The Morgan fingerprint density at radius 1 is 1.22 bits per heavy atom. The van der Waals surface area contributed by atoms with E-state index in [0.29, 0.717) is 5.92 Å². The van der Waals surface area contributed by atoms with Crippen LogP contribution in [0.1, 0.15) is 19.3 Å². The Morgan fingerprint density at radius 2 is 1.93 bits per heavy atom. The molecular formula is C22H28FN3O. The second-order valence-electron chi connectivity index (χ2n) is 7.32. The molecule has 1 fully saturated rings. The van der Waals surface area contributed by atoms with Gasteiger partial charge in [0.15, 0.2) is 0 Å². The van der Waals surface area contributed by atoms with Crippen LogP contribution in [-0.4, -0.2) is 42.7 Å². The maximum atomic E-state index is 11.9. The van der Waals surface area contributed by atoms with E-state index in [1.807, 2.05) is 12.2 Å². The summed E-state index contributed by atoms with van der Waals surface area (Å²) in [5.74, 6) is 0.435. The molecule has 0 amide bonds. The van der Waals surface area contributed by atoms with Gasteiger partial charge in [0.05, 0.1) is 6.54 Å². The monoisotopic (exact) mass is 369 g/mol. The molecule has 4 rings (SSSR count). The SMILES string of the molecule is C=CC1=C(C=C)CN(C2=NCC3(CC(CN)C3)O2)CC1.Fc1ccccc1. The summed E-state index contributed by atoms with van der Waals surface area (Å²) in [5, 5.41) is 0. The van der Waals surface area contributed by atoms with E-state index in [0.717, 1.165) is 51.5 Å². The maximum Gasteiger partial charge on any atom is 0.288 e. The van der Waals surface area contributed by atoms with Crippen LogP contribution in [0.3, 0.4) is 0 Å². The highest BCUT2D eigenvalue weighted by molar-refractivity contribution is 5.77. The minimum Gasteiger partial charge on any atom is -0.457 e. The molecule has 0 unspecified atom stereocenters. The zero-order valence-electron chi connectivity index (χ0n) is 15.7. The number of allylic oxidation sites excluding steroid dienone is 1. The second kappa shape index (κ2) is 8.53. The molecule has 1 spiro atoms. The minimum absolute atomic E-state index is 0.0455. The van der Waals surface area contributed by atoms with Crippen molar-refractivity contribution in [2.24, 2.45) is 16.6 Å². The largest absolute Gasteiger partial charge is 0.457 e. The predicted octanol–water partition coefficient (Wildman–Crippen LogP) is 3.68. The third-order valence-electron chi connectivity index (χ3n) is 5.39. The molecule has 0 aromatic heterocycles. The molecule has 1 aliphatic carbocycles. The van der Waals surface area contributed by atoms with Gasteiger partial charge in [-0.2, -0.15) is 0 Å². The van der Waals surface area contributed by atoms with Gasteiger partial charge in [-0.05, 0) is 55.0 Å². The lowest BCUT2D eigenvalue weighted by molar-refractivity contribution is -0.0419. The lowest BCUT2D eigenvalue weighted by Crippen LogP contribution is -2.50. The number of benzene rings is 1. The second-order valence-corrected chi connectivity index (χ2v) is 7.32. The van der Waals surface area contributed by atoms with E-state index < -0.39 is 0 Å². The molecule has 2 heterocycles. The number of aliphatic imine (C=N–C) groups is 1. The van der Waals surface area contributed by atoms with Crippen LogP contribution >= 0.6 is 0 Å². The van der Waals surface area contributed by atoms with E-state index in [4.69, 9.17) is 10.5 Å². The van der Waals surface area contributed by atoms with Crippen molar-refractivity contribution in [3.8, 4) is 0 Å². The van der Waals surface area contributed by atoms with Crippen LogP contribution in [0.5, 0.6) is 0 Å². The Morgan fingerprint density at radius 3 is 2.48 bits per heavy atom. The summed E-state index contributed by atoms with van der Waals surface area (Å²) in [7, 11) is 0. The Labute approximate surface area is 160 Å². The molecular weight excluding hydrogens is 341 g/mol. The normalized spacial score (nSPS) is 26.5. The molecule has 3 aliphatic rings. The van der Waals surface area contributed by atoms with Gasteiger partial charge in [0.25, 0.3) is 6.02 Å². The van der Waals surface area contributed by atoms with E-state index in [1.165, 1.54) is 23.3 Å². The topological polar surface area (TPSA) is 50.8 Å². The Kier molecular flexibility index (Phi) is 6.11. The van der Waals surface area contributed by atoms with Crippen molar-refractivity contribution in [1.82, 2.24) is 4.90 Å². The fraction of sp³-hybridized carbons (Fsp3) is 0.409. The molecule has 1 aromatic carbocycles. The summed E-state index contributed by atoms with van der Waals surface area (Å²) in [5.41, 5.74) is 8.17. The van der Waals surface area contributed by atoms with Gasteiger partial charge in [0.2, 0.25) is 0 Å². The molecule has 0 atom stereocenters. The average Bonchev–Trinajstić information content (AvgIpc) is 3.13. The number of rotatable bonds is 3. The van der Waals surface area contributed by atoms with Crippen molar-refractivity contribution in [2.45, 2.75) is 24.9 Å². The van der Waals surface area contributed by atoms with Crippen molar-refractivity contribution in [1.29, 1.82) is 0 Å². The average molecular weight is 369 g/mol. The Hall–Kier alpha value is -2.40. The summed E-state index contributed by atoms with van der Waals surface area (Å²) in [4.78, 5) is 6.84. The van der Waals surface area contributed by atoms with Crippen LogP contribution in [0, 0.1) is 11.7 Å². The Balaban J connectivity index is 0.000000253. The van der Waals surface area contributed by atoms with Crippen LogP contribution in [0.2, 0.25) is 0 Å². The molecule has 27 heavy (non-hydrogen) atoms. The number of hydrogen-bond acceptors (Lipinski definition) is 4. The van der Waals surface area contributed by atoms with Gasteiger partial charge in [0, 0.05) is 13.1 Å². The Bertz CT molecular complexity index is 735. The summed E-state index contributed by atoms with van der Waals surface area (Å²) in [6, 6.07) is 8.75. The maximum absolute atomic E-state index is 11.9.